The monoisotopic (exact) mass is 607 g/mol. The number of aromatic nitrogens is 2. The first-order chi connectivity index (χ1) is 20.2. The minimum absolute atomic E-state index is 0.00834. The fraction of sp³-hybridized carbons (Fsp3) is 0.333. The molecule has 2 N–H and O–H groups in total. The summed E-state index contributed by atoms with van der Waals surface area (Å²) in [5, 5.41) is 13.0. The van der Waals surface area contributed by atoms with Crippen LogP contribution in [0.2, 0.25) is 0 Å². The van der Waals surface area contributed by atoms with Gasteiger partial charge in [0.15, 0.2) is 5.13 Å². The maximum Gasteiger partial charge on any atom is 0.339 e. The number of sulfonamides is 1. The number of aromatic carboxylic acids is 1. The predicted octanol–water partition coefficient (Wildman–Crippen LogP) is 4.10. The van der Waals surface area contributed by atoms with Crippen molar-refractivity contribution in [1.82, 2.24) is 19.6 Å². The Kier molecular flexibility index (Phi) is 8.85. The Morgan fingerprint density at radius 1 is 1.00 bits per heavy atom. The number of pyridine rings is 1. The van der Waals surface area contributed by atoms with E-state index in [1.54, 1.807) is 30.5 Å². The summed E-state index contributed by atoms with van der Waals surface area (Å²) in [6.45, 7) is 4.78. The lowest BCUT2D eigenvalue weighted by Gasteiger charge is -2.39. The molecule has 0 spiro atoms. The third-order valence-electron chi connectivity index (χ3n) is 7.39. The first-order valence-electron chi connectivity index (χ1n) is 13.9. The van der Waals surface area contributed by atoms with E-state index >= 15 is 0 Å². The molecule has 220 valence electrons. The van der Waals surface area contributed by atoms with Crippen molar-refractivity contribution >= 4 is 48.6 Å². The second-order valence-corrected chi connectivity index (χ2v) is 13.1. The van der Waals surface area contributed by atoms with Crippen molar-refractivity contribution in [3.05, 3.63) is 83.2 Å². The lowest BCUT2D eigenvalue weighted by molar-refractivity contribution is -0.125. The number of carbonyl (C=O) groups is 2. The lowest BCUT2D eigenvalue weighted by atomic mass is 10.1. The molecule has 1 atom stereocenters. The highest BCUT2D eigenvalue weighted by Gasteiger charge is 2.41. The van der Waals surface area contributed by atoms with Crippen LogP contribution in [0.4, 0.5) is 5.13 Å². The van der Waals surface area contributed by atoms with E-state index in [4.69, 9.17) is 0 Å². The summed E-state index contributed by atoms with van der Waals surface area (Å²) in [5.41, 5.74) is 3.46. The number of nitrogens with zero attached hydrogens (tertiary/aromatic N) is 4. The molecule has 10 nitrogen and oxygen atoms in total. The molecule has 5 rings (SSSR count). The van der Waals surface area contributed by atoms with Crippen LogP contribution in [0.1, 0.15) is 47.3 Å². The molecule has 0 bridgehead atoms. The highest BCUT2D eigenvalue weighted by molar-refractivity contribution is 7.89. The number of anilines is 1. The van der Waals surface area contributed by atoms with Gasteiger partial charge in [-0.1, -0.05) is 68.0 Å². The van der Waals surface area contributed by atoms with E-state index < -0.39 is 27.9 Å². The van der Waals surface area contributed by atoms with Gasteiger partial charge in [-0.2, -0.15) is 4.31 Å². The van der Waals surface area contributed by atoms with Gasteiger partial charge in [0.2, 0.25) is 15.9 Å². The van der Waals surface area contributed by atoms with Crippen molar-refractivity contribution in [2.75, 3.05) is 24.5 Å². The number of carboxylic acid groups (broad SMARTS) is 1. The quantitative estimate of drug-likeness (QED) is 0.275. The Hall–Kier alpha value is -3.87. The average Bonchev–Trinajstić information content (AvgIpc) is 3.45. The zero-order valence-electron chi connectivity index (χ0n) is 23.5. The van der Waals surface area contributed by atoms with Gasteiger partial charge in [0.05, 0.1) is 9.60 Å². The topological polar surface area (TPSA) is 133 Å². The Labute approximate surface area is 249 Å². The molecule has 0 aliphatic carbocycles. The molecule has 3 heterocycles. The largest absolute Gasteiger partial charge is 0.478 e. The van der Waals surface area contributed by atoms with Gasteiger partial charge in [-0.25, -0.2) is 18.2 Å². The van der Waals surface area contributed by atoms with Crippen molar-refractivity contribution in [2.45, 2.75) is 50.6 Å². The van der Waals surface area contributed by atoms with Crippen LogP contribution in [0, 0.1) is 0 Å². The molecular weight excluding hydrogens is 574 g/mol. The molecule has 42 heavy (non-hydrogen) atoms. The number of hydrogen-bond acceptors (Lipinski definition) is 8. The number of benzene rings is 2. The normalized spacial score (nSPS) is 16.0. The Balaban J connectivity index is 1.42. The van der Waals surface area contributed by atoms with E-state index in [1.165, 1.54) is 27.4 Å². The molecule has 1 fully saturated rings. The summed E-state index contributed by atoms with van der Waals surface area (Å²) >= 11 is 1.26. The summed E-state index contributed by atoms with van der Waals surface area (Å²) in [4.78, 5) is 35.9. The molecule has 4 aromatic rings. The van der Waals surface area contributed by atoms with Crippen LogP contribution in [-0.4, -0.2) is 65.4 Å². The van der Waals surface area contributed by atoms with Crippen molar-refractivity contribution < 1.29 is 23.1 Å². The van der Waals surface area contributed by atoms with Gasteiger partial charge < -0.3 is 15.3 Å². The second-order valence-electron chi connectivity index (χ2n) is 10.2. The van der Waals surface area contributed by atoms with E-state index in [9.17, 15) is 23.1 Å². The number of fused-ring (bicyclic) bond motifs is 1. The number of hydrogen-bond donors (Lipinski definition) is 2. The summed E-state index contributed by atoms with van der Waals surface area (Å²) in [6, 6.07) is 13.7. The Bertz CT molecular complexity index is 1690. The number of rotatable bonds is 10. The van der Waals surface area contributed by atoms with Crippen LogP contribution in [0.3, 0.4) is 0 Å². The van der Waals surface area contributed by atoms with Gasteiger partial charge in [0.25, 0.3) is 0 Å². The average molecular weight is 608 g/mol. The number of amides is 1. The van der Waals surface area contributed by atoms with Crippen LogP contribution in [-0.2, 0) is 34.2 Å². The standard InChI is InChI=1S/C30H33N5O5S2/c1-3-5-21-6-8-22(9-7-21)16-32-28(36)25-19-34(30-33-27-24(29(37)38)17-31-18-26(27)41-30)14-15-35(25)42(39,40)23-12-10-20(4-2)11-13-23/h6-13,17-18,25H,3-5,14-16,19H2,1-2H3,(H,32,36)(H,37,38). The lowest BCUT2D eigenvalue weighted by Crippen LogP contribution is -2.60. The zero-order valence-corrected chi connectivity index (χ0v) is 25.1. The number of piperazine rings is 1. The van der Waals surface area contributed by atoms with Gasteiger partial charge in [-0.05, 0) is 41.7 Å². The summed E-state index contributed by atoms with van der Waals surface area (Å²) in [7, 11) is -3.98. The summed E-state index contributed by atoms with van der Waals surface area (Å²) < 4.78 is 29.5. The number of nitrogens with one attached hydrogen (secondary N) is 1. The van der Waals surface area contributed by atoms with Crippen LogP contribution < -0.4 is 10.2 Å². The van der Waals surface area contributed by atoms with Gasteiger partial charge >= 0.3 is 5.97 Å². The van der Waals surface area contributed by atoms with Crippen molar-refractivity contribution in [2.24, 2.45) is 0 Å². The summed E-state index contributed by atoms with van der Waals surface area (Å²) in [5.74, 6) is -1.55. The first kappa shape index (κ1) is 29.6. The van der Waals surface area contributed by atoms with Gasteiger partial charge in [-0.15, -0.1) is 0 Å². The SMILES string of the molecule is CCCc1ccc(CNC(=O)C2CN(c3nc4c(C(=O)O)cncc4s3)CCN2S(=O)(=O)c2ccc(CC)cc2)cc1. The molecule has 2 aromatic carbocycles. The minimum Gasteiger partial charge on any atom is -0.478 e. The molecule has 1 unspecified atom stereocenters. The Morgan fingerprint density at radius 2 is 1.69 bits per heavy atom. The van der Waals surface area contributed by atoms with Crippen molar-refractivity contribution in [3.63, 3.8) is 0 Å². The van der Waals surface area contributed by atoms with Crippen LogP contribution in [0.5, 0.6) is 0 Å². The molecule has 1 saturated heterocycles. The molecule has 1 aliphatic rings. The molecule has 1 aliphatic heterocycles. The van der Waals surface area contributed by atoms with E-state index in [0.29, 0.717) is 15.3 Å². The zero-order chi connectivity index (χ0) is 29.9. The van der Waals surface area contributed by atoms with E-state index in [2.05, 4.69) is 22.2 Å². The van der Waals surface area contributed by atoms with E-state index in [-0.39, 0.29) is 36.6 Å². The van der Waals surface area contributed by atoms with Crippen molar-refractivity contribution in [3.8, 4) is 0 Å². The third-order valence-corrected chi connectivity index (χ3v) is 10.4. The second kappa shape index (κ2) is 12.6. The van der Waals surface area contributed by atoms with Gasteiger partial charge in [0, 0.05) is 38.6 Å². The molecule has 0 saturated carbocycles. The Morgan fingerprint density at radius 3 is 2.36 bits per heavy atom. The number of thiazole rings is 1. The third kappa shape index (κ3) is 6.15. The predicted molar refractivity (Wildman–Crippen MR) is 162 cm³/mol. The molecule has 0 radical (unpaired) electrons. The van der Waals surface area contributed by atoms with Crippen molar-refractivity contribution in [1.29, 1.82) is 0 Å². The van der Waals surface area contributed by atoms with E-state index in [1.807, 2.05) is 36.1 Å². The fourth-order valence-corrected chi connectivity index (χ4v) is 7.59. The highest BCUT2D eigenvalue weighted by Crippen LogP contribution is 2.32. The van der Waals surface area contributed by atoms with E-state index in [0.717, 1.165) is 30.4 Å². The fourth-order valence-electron chi connectivity index (χ4n) is 5.03. The summed E-state index contributed by atoms with van der Waals surface area (Å²) in [6.07, 6.45) is 5.62. The van der Waals surface area contributed by atoms with Gasteiger partial charge in [-0.3, -0.25) is 9.78 Å². The first-order valence-corrected chi connectivity index (χ1v) is 16.2. The smallest absolute Gasteiger partial charge is 0.339 e. The highest BCUT2D eigenvalue weighted by atomic mass is 32.2. The molecule has 1 amide bonds. The number of carboxylic acids is 1. The molecular formula is C30H33N5O5S2. The van der Waals surface area contributed by atoms with Crippen LogP contribution in [0.15, 0.2) is 65.8 Å². The van der Waals surface area contributed by atoms with Crippen LogP contribution >= 0.6 is 11.3 Å². The minimum atomic E-state index is -3.98. The maximum atomic E-state index is 13.8. The number of carbonyl (C=O) groups excluding carboxylic acids is 1. The van der Waals surface area contributed by atoms with Gasteiger partial charge in [0.1, 0.15) is 17.1 Å². The maximum absolute atomic E-state index is 13.8. The molecule has 12 heteroatoms. The van der Waals surface area contributed by atoms with Crippen LogP contribution in [0.25, 0.3) is 10.2 Å². The number of aryl methyl sites for hydroxylation is 2. The molecule has 2 aromatic heterocycles.